The molecule has 2 aromatic heterocycles. The van der Waals surface area contributed by atoms with Gasteiger partial charge < -0.3 is 10.1 Å². The lowest BCUT2D eigenvalue weighted by molar-refractivity contribution is -0.113. The Balaban J connectivity index is 1.47. The van der Waals surface area contributed by atoms with E-state index in [0.29, 0.717) is 27.5 Å². The van der Waals surface area contributed by atoms with Crippen LogP contribution in [0.3, 0.4) is 0 Å². The zero-order chi connectivity index (χ0) is 21.8. The minimum absolute atomic E-state index is 0.109. The third kappa shape index (κ3) is 4.70. The number of halogens is 1. The number of aromatic nitrogens is 3. The smallest absolute Gasteiger partial charge is 0.337 e. The number of anilines is 1. The Morgan fingerprint density at radius 2 is 1.97 bits per heavy atom. The average Bonchev–Trinajstić information content (AvgIpc) is 3.22. The predicted molar refractivity (Wildman–Crippen MR) is 118 cm³/mol. The fourth-order valence-corrected chi connectivity index (χ4v) is 4.53. The van der Waals surface area contributed by atoms with Crippen LogP contribution in [0.1, 0.15) is 10.4 Å². The van der Waals surface area contributed by atoms with Gasteiger partial charge in [0.15, 0.2) is 0 Å². The Hall–Kier alpha value is -3.37. The quantitative estimate of drug-likeness (QED) is 0.262. The van der Waals surface area contributed by atoms with Gasteiger partial charge in [-0.15, -0.1) is 0 Å². The summed E-state index contributed by atoms with van der Waals surface area (Å²) in [5.74, 6) is -0.937. The molecule has 0 aliphatic heterocycles. The van der Waals surface area contributed by atoms with Gasteiger partial charge >= 0.3 is 5.97 Å². The van der Waals surface area contributed by atoms with Gasteiger partial charge in [-0.3, -0.25) is 4.79 Å². The molecule has 1 N–H and O–H groups in total. The van der Waals surface area contributed by atoms with Gasteiger partial charge in [0.05, 0.1) is 18.4 Å². The molecule has 1 amide bonds. The van der Waals surface area contributed by atoms with E-state index in [4.69, 9.17) is 0 Å². The minimum Gasteiger partial charge on any atom is -0.465 e. The Bertz CT molecular complexity index is 1260. The first-order valence-electron chi connectivity index (χ1n) is 9.02. The van der Waals surface area contributed by atoms with Crippen LogP contribution in [0.5, 0.6) is 0 Å². The Morgan fingerprint density at radius 1 is 1.16 bits per heavy atom. The second-order valence-electron chi connectivity index (χ2n) is 6.30. The number of methoxy groups -OCH3 is 1. The molecule has 0 atom stereocenters. The number of rotatable bonds is 6. The van der Waals surface area contributed by atoms with E-state index < -0.39 is 5.97 Å². The minimum atomic E-state index is -0.476. The topological polar surface area (TPSA) is 94.1 Å². The number of carbonyl (C=O) groups excluding carboxylic acids is 2. The number of fused-ring (bicyclic) bond motifs is 1. The lowest BCUT2D eigenvalue weighted by atomic mass is 10.1. The van der Waals surface area contributed by atoms with E-state index in [1.54, 1.807) is 36.4 Å². The van der Waals surface area contributed by atoms with Crippen molar-refractivity contribution >= 4 is 51.1 Å². The molecule has 0 fully saturated rings. The van der Waals surface area contributed by atoms with Crippen LogP contribution in [0.2, 0.25) is 0 Å². The second-order valence-corrected chi connectivity index (χ2v) is 8.04. The van der Waals surface area contributed by atoms with E-state index in [1.807, 2.05) is 0 Å². The molecule has 0 saturated heterocycles. The first-order valence-corrected chi connectivity index (χ1v) is 10.8. The van der Waals surface area contributed by atoms with Gasteiger partial charge in [0, 0.05) is 11.3 Å². The van der Waals surface area contributed by atoms with Crippen molar-refractivity contribution in [1.29, 1.82) is 0 Å². The van der Waals surface area contributed by atoms with Crippen LogP contribution in [-0.2, 0) is 9.53 Å². The number of esters is 1. The predicted octanol–water partition coefficient (Wildman–Crippen LogP) is 4.41. The summed E-state index contributed by atoms with van der Waals surface area (Å²) in [4.78, 5) is 32.6. The lowest BCUT2D eigenvalue weighted by Gasteiger charge is -2.07. The summed E-state index contributed by atoms with van der Waals surface area (Å²) in [5, 5.41) is 3.39. The number of nitrogens with zero attached hydrogens (tertiary/aromatic N) is 3. The van der Waals surface area contributed by atoms with Crippen molar-refractivity contribution in [3.63, 3.8) is 0 Å². The number of amides is 1. The van der Waals surface area contributed by atoms with Crippen molar-refractivity contribution in [2.45, 2.75) is 5.03 Å². The SMILES string of the molecule is COC(=O)c1cccc(NC(=O)CSc2ncnc3c(-c4ccc(F)cc4)nsc23)c1. The van der Waals surface area contributed by atoms with Crippen LogP contribution >= 0.6 is 23.3 Å². The van der Waals surface area contributed by atoms with Gasteiger partial charge in [-0.1, -0.05) is 17.8 Å². The maximum absolute atomic E-state index is 13.2. The van der Waals surface area contributed by atoms with E-state index in [0.717, 1.165) is 10.3 Å². The molecule has 0 aliphatic carbocycles. The van der Waals surface area contributed by atoms with Crippen LogP contribution in [-0.4, -0.2) is 39.1 Å². The van der Waals surface area contributed by atoms with Crippen LogP contribution in [0.4, 0.5) is 10.1 Å². The van der Waals surface area contributed by atoms with Crippen LogP contribution in [0.15, 0.2) is 59.9 Å². The molecule has 4 rings (SSSR count). The first kappa shape index (κ1) is 20.9. The normalized spacial score (nSPS) is 10.8. The number of carbonyl (C=O) groups is 2. The van der Waals surface area contributed by atoms with Gasteiger partial charge in [-0.05, 0) is 54.0 Å². The number of hydrogen-bond donors (Lipinski definition) is 1. The van der Waals surface area contributed by atoms with Crippen LogP contribution < -0.4 is 5.32 Å². The van der Waals surface area contributed by atoms with Crippen molar-refractivity contribution in [1.82, 2.24) is 14.3 Å². The Kier molecular flexibility index (Phi) is 6.19. The van der Waals surface area contributed by atoms with E-state index in [1.165, 1.54) is 48.9 Å². The summed E-state index contributed by atoms with van der Waals surface area (Å²) >= 11 is 2.49. The molecule has 0 bridgehead atoms. The molecule has 2 aromatic carbocycles. The third-order valence-electron chi connectivity index (χ3n) is 4.25. The molecule has 4 aromatic rings. The molecule has 0 spiro atoms. The first-order chi connectivity index (χ1) is 15.0. The van der Waals surface area contributed by atoms with Crippen molar-refractivity contribution in [3.05, 3.63) is 66.2 Å². The molecule has 2 heterocycles. The second kappa shape index (κ2) is 9.19. The standard InChI is InChI=1S/C21H15FN4O3S2/c1-29-21(28)13-3-2-4-15(9-13)25-16(27)10-30-20-19-18(23-11-24-20)17(26-31-19)12-5-7-14(22)8-6-12/h2-9,11H,10H2,1H3,(H,25,27). The maximum atomic E-state index is 13.2. The Morgan fingerprint density at radius 3 is 2.74 bits per heavy atom. The van der Waals surface area contributed by atoms with Gasteiger partial charge in [0.25, 0.3) is 0 Å². The average molecular weight is 455 g/mol. The summed E-state index contributed by atoms with van der Waals surface area (Å²) in [6.45, 7) is 0. The molecule has 0 saturated carbocycles. The molecule has 10 heteroatoms. The van der Waals surface area contributed by atoms with Gasteiger partial charge in [-0.2, -0.15) is 4.37 Å². The summed E-state index contributed by atoms with van der Waals surface area (Å²) in [7, 11) is 1.30. The summed E-state index contributed by atoms with van der Waals surface area (Å²) in [6, 6.07) is 12.6. The van der Waals surface area contributed by atoms with E-state index in [-0.39, 0.29) is 17.5 Å². The summed E-state index contributed by atoms with van der Waals surface area (Å²) in [5.41, 5.74) is 2.90. The zero-order valence-corrected chi connectivity index (χ0v) is 17.8. The molecule has 0 unspecified atom stereocenters. The highest BCUT2D eigenvalue weighted by atomic mass is 32.2. The number of ether oxygens (including phenoxy) is 1. The maximum Gasteiger partial charge on any atom is 0.337 e. The molecule has 156 valence electrons. The third-order valence-corrected chi connectivity index (χ3v) is 6.21. The van der Waals surface area contributed by atoms with Crippen molar-refractivity contribution in [2.75, 3.05) is 18.2 Å². The Labute approximate surface area is 184 Å². The van der Waals surface area contributed by atoms with E-state index in [2.05, 4.69) is 24.4 Å². The molecule has 31 heavy (non-hydrogen) atoms. The number of hydrogen-bond acceptors (Lipinski definition) is 8. The highest BCUT2D eigenvalue weighted by Gasteiger charge is 2.16. The van der Waals surface area contributed by atoms with Crippen molar-refractivity contribution in [2.24, 2.45) is 0 Å². The monoisotopic (exact) mass is 454 g/mol. The molecular formula is C21H15FN4O3S2. The molecular weight excluding hydrogens is 439 g/mol. The number of thioether (sulfide) groups is 1. The fourth-order valence-electron chi connectivity index (χ4n) is 2.82. The molecule has 0 radical (unpaired) electrons. The number of benzene rings is 2. The molecule has 7 nitrogen and oxygen atoms in total. The van der Waals surface area contributed by atoms with Crippen LogP contribution in [0.25, 0.3) is 21.5 Å². The highest BCUT2D eigenvalue weighted by Crippen LogP contribution is 2.34. The van der Waals surface area contributed by atoms with E-state index in [9.17, 15) is 14.0 Å². The lowest BCUT2D eigenvalue weighted by Crippen LogP contribution is -2.14. The number of nitrogens with one attached hydrogen (secondary N) is 1. The molecule has 0 aliphatic rings. The zero-order valence-electron chi connectivity index (χ0n) is 16.2. The fraction of sp³-hybridized carbons (Fsp3) is 0.0952. The largest absolute Gasteiger partial charge is 0.465 e. The van der Waals surface area contributed by atoms with Gasteiger partial charge in [-0.25, -0.2) is 19.2 Å². The summed E-state index contributed by atoms with van der Waals surface area (Å²) in [6.07, 6.45) is 1.42. The summed E-state index contributed by atoms with van der Waals surface area (Å²) < 4.78 is 23.1. The highest BCUT2D eigenvalue weighted by molar-refractivity contribution is 8.00. The van der Waals surface area contributed by atoms with Crippen LogP contribution in [0, 0.1) is 5.82 Å². The van der Waals surface area contributed by atoms with E-state index >= 15 is 0 Å². The van der Waals surface area contributed by atoms with Crippen molar-refractivity contribution in [3.8, 4) is 11.3 Å². The van der Waals surface area contributed by atoms with Crippen molar-refractivity contribution < 1.29 is 18.7 Å². The van der Waals surface area contributed by atoms with Gasteiger partial charge in [0.2, 0.25) is 5.91 Å². The van der Waals surface area contributed by atoms with Gasteiger partial charge in [0.1, 0.15) is 33.1 Å².